The maximum absolute atomic E-state index is 12.3. The van der Waals surface area contributed by atoms with Crippen LogP contribution in [0.3, 0.4) is 0 Å². The molecule has 132 valence electrons. The van der Waals surface area contributed by atoms with Crippen molar-refractivity contribution in [2.45, 2.75) is 38.9 Å². The van der Waals surface area contributed by atoms with Gasteiger partial charge in [0, 0.05) is 7.05 Å². The van der Waals surface area contributed by atoms with Crippen molar-refractivity contribution >= 4 is 24.1 Å². The summed E-state index contributed by atoms with van der Waals surface area (Å²) in [6.07, 6.45) is 3.30. The van der Waals surface area contributed by atoms with Gasteiger partial charge in [-0.3, -0.25) is 4.79 Å². The van der Waals surface area contributed by atoms with Gasteiger partial charge in [0.15, 0.2) is 0 Å². The Hall–Kier alpha value is -1.96. The Balaban J connectivity index is 2.00. The molecule has 1 aromatic heterocycles. The summed E-state index contributed by atoms with van der Waals surface area (Å²) in [6.45, 7) is 7.67. The largest absolute Gasteiger partial charge is 0.492 e. The minimum absolute atomic E-state index is 0.110. The Morgan fingerprint density at radius 1 is 1.28 bits per heavy atom. The van der Waals surface area contributed by atoms with Crippen molar-refractivity contribution in [3.63, 3.8) is 0 Å². The van der Waals surface area contributed by atoms with Crippen molar-refractivity contribution in [1.82, 2.24) is 9.55 Å². The first-order valence-electron chi connectivity index (χ1n) is 8.27. The van der Waals surface area contributed by atoms with Crippen molar-refractivity contribution < 1.29 is 14.4 Å². The smallest absolute Gasteiger partial charge is 0.400 e. The normalized spacial score (nSPS) is 19.6. The van der Waals surface area contributed by atoms with E-state index in [1.165, 1.54) is 10.9 Å². The first kappa shape index (κ1) is 17.9. The maximum Gasteiger partial charge on any atom is 0.492 e. The van der Waals surface area contributed by atoms with Crippen LogP contribution in [0.1, 0.15) is 33.3 Å². The van der Waals surface area contributed by atoms with E-state index in [2.05, 4.69) is 4.98 Å². The average Bonchev–Trinajstić information content (AvgIpc) is 2.77. The Bertz CT molecular complexity index is 886. The second kappa shape index (κ2) is 6.09. The van der Waals surface area contributed by atoms with E-state index in [1.807, 2.05) is 33.8 Å². The van der Waals surface area contributed by atoms with Crippen LogP contribution in [0, 0.1) is 0 Å². The highest BCUT2D eigenvalue weighted by molar-refractivity contribution is 6.55. The molecular weight excluding hydrogens is 319 g/mol. The first-order valence-corrected chi connectivity index (χ1v) is 8.27. The molecule has 0 aliphatic carbocycles. The third-order valence-electron chi connectivity index (χ3n) is 5.03. The fraction of sp³-hybridized carbons (Fsp3) is 0.444. The highest BCUT2D eigenvalue weighted by atomic mass is 16.7. The van der Waals surface area contributed by atoms with Crippen LogP contribution in [0.4, 0.5) is 0 Å². The van der Waals surface area contributed by atoms with Crippen molar-refractivity contribution in [2.75, 3.05) is 6.61 Å². The number of aliphatic hydroxyl groups is 1. The van der Waals surface area contributed by atoms with Crippen LogP contribution in [-0.2, 0) is 16.4 Å². The molecule has 1 aliphatic heterocycles. The molecule has 7 heteroatoms. The van der Waals surface area contributed by atoms with Crippen LogP contribution >= 0.6 is 0 Å². The zero-order chi connectivity index (χ0) is 18.4. The molecule has 0 radical (unpaired) electrons. The molecule has 6 nitrogen and oxygen atoms in total. The molecular formula is C18H23BN2O4. The second-order valence-corrected chi connectivity index (χ2v) is 7.40. The monoisotopic (exact) mass is 342 g/mol. The number of benzene rings is 1. The van der Waals surface area contributed by atoms with E-state index in [4.69, 9.17) is 9.31 Å². The lowest BCUT2D eigenvalue weighted by molar-refractivity contribution is 0.00578. The fourth-order valence-electron chi connectivity index (χ4n) is 2.72. The molecule has 1 fully saturated rings. The highest BCUT2D eigenvalue weighted by Crippen LogP contribution is 2.38. The van der Waals surface area contributed by atoms with E-state index in [0.717, 1.165) is 5.56 Å². The third-order valence-corrected chi connectivity index (χ3v) is 5.03. The molecule has 1 saturated heterocycles. The van der Waals surface area contributed by atoms with Gasteiger partial charge in [-0.1, -0.05) is 12.1 Å². The SMILES string of the molecule is Cn1cnc2ccc(C=C(CO)B3OC(C)(C)C(C)(C)O3)cc2c1=O. The van der Waals surface area contributed by atoms with Gasteiger partial charge in [-0.15, -0.1) is 0 Å². The number of aliphatic hydroxyl groups excluding tert-OH is 1. The van der Waals surface area contributed by atoms with Crippen molar-refractivity contribution in [3.05, 3.63) is 45.9 Å². The second-order valence-electron chi connectivity index (χ2n) is 7.40. The summed E-state index contributed by atoms with van der Waals surface area (Å²) in [5, 5.41) is 10.3. The van der Waals surface area contributed by atoms with Crippen LogP contribution in [0.5, 0.6) is 0 Å². The van der Waals surface area contributed by atoms with E-state index < -0.39 is 18.3 Å². The fourth-order valence-corrected chi connectivity index (χ4v) is 2.72. The summed E-state index contributed by atoms with van der Waals surface area (Å²) >= 11 is 0. The minimum atomic E-state index is -0.623. The summed E-state index contributed by atoms with van der Waals surface area (Å²) < 4.78 is 13.4. The van der Waals surface area contributed by atoms with Gasteiger partial charge in [-0.2, -0.15) is 0 Å². The molecule has 0 saturated carbocycles. The minimum Gasteiger partial charge on any atom is -0.400 e. The average molecular weight is 342 g/mol. The molecule has 2 heterocycles. The molecule has 0 bridgehead atoms. The molecule has 1 aromatic carbocycles. The summed E-state index contributed by atoms with van der Waals surface area (Å²) in [5.74, 6) is 0. The van der Waals surface area contributed by atoms with Crippen molar-refractivity contribution in [3.8, 4) is 0 Å². The van der Waals surface area contributed by atoms with Crippen LogP contribution in [-0.4, -0.2) is 39.6 Å². The van der Waals surface area contributed by atoms with Gasteiger partial charge in [0.05, 0.1) is 35.0 Å². The lowest BCUT2D eigenvalue weighted by Crippen LogP contribution is -2.41. The van der Waals surface area contributed by atoms with E-state index in [9.17, 15) is 9.90 Å². The predicted molar refractivity (Wildman–Crippen MR) is 98.1 cm³/mol. The van der Waals surface area contributed by atoms with Crippen molar-refractivity contribution in [1.29, 1.82) is 0 Å². The van der Waals surface area contributed by atoms with Crippen LogP contribution in [0.15, 0.2) is 34.8 Å². The van der Waals surface area contributed by atoms with Gasteiger partial charge in [0.25, 0.3) is 5.56 Å². The molecule has 0 unspecified atom stereocenters. The Morgan fingerprint density at radius 3 is 2.52 bits per heavy atom. The van der Waals surface area contributed by atoms with Gasteiger partial charge in [-0.05, 0) is 50.9 Å². The molecule has 1 N–H and O–H groups in total. The molecule has 0 atom stereocenters. The quantitative estimate of drug-likeness (QED) is 0.863. The number of hydrogen-bond acceptors (Lipinski definition) is 5. The van der Waals surface area contributed by atoms with Crippen LogP contribution in [0.25, 0.3) is 17.0 Å². The molecule has 0 amide bonds. The van der Waals surface area contributed by atoms with E-state index >= 15 is 0 Å². The molecule has 0 spiro atoms. The number of fused-ring (bicyclic) bond motifs is 1. The summed E-state index contributed by atoms with van der Waals surface area (Å²) in [5.41, 5.74) is 0.975. The van der Waals surface area contributed by atoms with Gasteiger partial charge >= 0.3 is 7.12 Å². The van der Waals surface area contributed by atoms with Gasteiger partial charge in [0.1, 0.15) is 0 Å². The Labute approximate surface area is 147 Å². The molecule has 3 rings (SSSR count). The van der Waals surface area contributed by atoms with Crippen molar-refractivity contribution in [2.24, 2.45) is 7.05 Å². The molecule has 25 heavy (non-hydrogen) atoms. The third kappa shape index (κ3) is 3.15. The number of rotatable bonds is 3. The summed E-state index contributed by atoms with van der Waals surface area (Å²) in [7, 11) is 1.04. The standard InChI is InChI=1S/C18H23BN2O4/c1-17(2)18(3,4)25-19(24-17)13(10-22)8-12-6-7-15-14(9-12)16(23)21(5)11-20-15/h6-9,11,22H,10H2,1-5H3. The van der Waals surface area contributed by atoms with E-state index in [0.29, 0.717) is 16.4 Å². The molecule has 2 aromatic rings. The number of aryl methyl sites for hydroxylation is 1. The Kier molecular flexibility index (Phi) is 4.35. The molecule has 1 aliphatic rings. The van der Waals surface area contributed by atoms with E-state index in [1.54, 1.807) is 25.3 Å². The Morgan fingerprint density at radius 2 is 1.92 bits per heavy atom. The predicted octanol–water partition coefficient (Wildman–Crippen LogP) is 1.94. The number of aromatic nitrogens is 2. The van der Waals surface area contributed by atoms with Gasteiger partial charge in [0.2, 0.25) is 0 Å². The van der Waals surface area contributed by atoms with Crippen LogP contribution < -0.4 is 5.56 Å². The highest BCUT2D eigenvalue weighted by Gasteiger charge is 2.52. The lowest BCUT2D eigenvalue weighted by Gasteiger charge is -2.32. The summed E-state index contributed by atoms with van der Waals surface area (Å²) in [6, 6.07) is 5.42. The summed E-state index contributed by atoms with van der Waals surface area (Å²) in [4.78, 5) is 16.5. The zero-order valence-electron chi connectivity index (χ0n) is 15.2. The number of nitrogens with zero attached hydrogens (tertiary/aromatic N) is 2. The number of hydrogen-bond donors (Lipinski definition) is 1. The van der Waals surface area contributed by atoms with Gasteiger partial charge in [-0.25, -0.2) is 4.98 Å². The topological polar surface area (TPSA) is 73.6 Å². The van der Waals surface area contributed by atoms with E-state index in [-0.39, 0.29) is 12.2 Å². The maximum atomic E-state index is 12.3. The van der Waals surface area contributed by atoms with Crippen LogP contribution in [0.2, 0.25) is 0 Å². The first-order chi connectivity index (χ1) is 11.6. The van der Waals surface area contributed by atoms with Gasteiger partial charge < -0.3 is 19.0 Å². The zero-order valence-corrected chi connectivity index (χ0v) is 15.2. The lowest BCUT2D eigenvalue weighted by atomic mass is 9.77.